The molecule has 2 saturated heterocycles. The van der Waals surface area contributed by atoms with E-state index in [1.54, 1.807) is 29.9 Å². The molecule has 2 fully saturated rings. The molecule has 9 heteroatoms. The zero-order valence-corrected chi connectivity index (χ0v) is 20.5. The van der Waals surface area contributed by atoms with Gasteiger partial charge in [0.2, 0.25) is 5.95 Å². The summed E-state index contributed by atoms with van der Waals surface area (Å²) in [5.74, 6) is 0.684. The average molecular weight is 457 g/mol. The van der Waals surface area contributed by atoms with Crippen molar-refractivity contribution in [3.63, 3.8) is 0 Å². The van der Waals surface area contributed by atoms with Crippen LogP contribution in [0.4, 0.5) is 10.7 Å². The molecule has 0 radical (unpaired) electrons. The number of nitrogens with zero attached hydrogens (tertiary/aromatic N) is 6. The third-order valence-corrected chi connectivity index (χ3v) is 6.70. The maximum absolute atomic E-state index is 12.8. The first kappa shape index (κ1) is 23.5. The standard InChI is InChI=1S/C24H36N6O3/c1-6-17-16-29(22-26-20-19(8-7-11-25-20)21(31)27(22)5)14-15-30(17)18-9-12-28(13-10-18)23(32)33-24(2,3)4/h7-8,11,17-18H,6,9-10,12-16H2,1-5H3/t17-/m0/s1. The van der Waals surface area contributed by atoms with E-state index in [1.807, 2.05) is 25.7 Å². The molecule has 2 aliphatic rings. The van der Waals surface area contributed by atoms with Crippen molar-refractivity contribution in [1.82, 2.24) is 24.3 Å². The first-order valence-corrected chi connectivity index (χ1v) is 12.0. The maximum atomic E-state index is 12.8. The monoisotopic (exact) mass is 456 g/mol. The number of carbonyl (C=O) groups is 1. The summed E-state index contributed by atoms with van der Waals surface area (Å²) in [4.78, 5) is 40.9. The van der Waals surface area contributed by atoms with Gasteiger partial charge in [-0.25, -0.2) is 9.78 Å². The van der Waals surface area contributed by atoms with Gasteiger partial charge in [-0.2, -0.15) is 4.98 Å². The van der Waals surface area contributed by atoms with Crippen molar-refractivity contribution in [2.45, 2.75) is 64.6 Å². The van der Waals surface area contributed by atoms with E-state index in [1.165, 1.54) is 0 Å². The number of amides is 1. The summed E-state index contributed by atoms with van der Waals surface area (Å²) in [6, 6.07) is 4.36. The van der Waals surface area contributed by atoms with Gasteiger partial charge < -0.3 is 14.5 Å². The van der Waals surface area contributed by atoms with E-state index in [4.69, 9.17) is 9.72 Å². The Bertz CT molecular complexity index is 1050. The van der Waals surface area contributed by atoms with Gasteiger partial charge in [0.05, 0.1) is 5.39 Å². The molecule has 4 heterocycles. The summed E-state index contributed by atoms with van der Waals surface area (Å²) in [7, 11) is 1.79. The van der Waals surface area contributed by atoms with Crippen LogP contribution in [0.1, 0.15) is 47.0 Å². The third-order valence-electron chi connectivity index (χ3n) is 6.70. The van der Waals surface area contributed by atoms with E-state index < -0.39 is 5.60 Å². The Labute approximate surface area is 195 Å². The van der Waals surface area contributed by atoms with Gasteiger partial charge >= 0.3 is 6.09 Å². The van der Waals surface area contributed by atoms with Crippen molar-refractivity contribution in [1.29, 1.82) is 0 Å². The summed E-state index contributed by atoms with van der Waals surface area (Å²) >= 11 is 0. The van der Waals surface area contributed by atoms with Crippen LogP contribution in [-0.2, 0) is 11.8 Å². The van der Waals surface area contributed by atoms with Gasteiger partial charge in [-0.3, -0.25) is 14.3 Å². The lowest BCUT2D eigenvalue weighted by molar-refractivity contribution is 0.00940. The molecule has 0 saturated carbocycles. The van der Waals surface area contributed by atoms with Crippen molar-refractivity contribution in [2.75, 3.05) is 37.6 Å². The van der Waals surface area contributed by atoms with Crippen LogP contribution in [0.3, 0.4) is 0 Å². The Balaban J connectivity index is 1.43. The molecule has 2 aliphatic heterocycles. The highest BCUT2D eigenvalue weighted by Crippen LogP contribution is 2.26. The van der Waals surface area contributed by atoms with Gasteiger partial charge in [0, 0.05) is 58.1 Å². The van der Waals surface area contributed by atoms with E-state index in [0.29, 0.717) is 29.1 Å². The molecular formula is C24H36N6O3. The number of anilines is 1. The molecule has 33 heavy (non-hydrogen) atoms. The van der Waals surface area contributed by atoms with Gasteiger partial charge in [0.25, 0.3) is 5.56 Å². The topological polar surface area (TPSA) is 83.8 Å². The van der Waals surface area contributed by atoms with Crippen LogP contribution >= 0.6 is 0 Å². The molecule has 9 nitrogen and oxygen atoms in total. The normalized spacial score (nSPS) is 20.9. The smallest absolute Gasteiger partial charge is 0.410 e. The van der Waals surface area contributed by atoms with E-state index in [0.717, 1.165) is 52.0 Å². The van der Waals surface area contributed by atoms with Gasteiger partial charge in [-0.1, -0.05) is 6.92 Å². The van der Waals surface area contributed by atoms with Crippen LogP contribution < -0.4 is 10.5 Å². The lowest BCUT2D eigenvalue weighted by atomic mass is 9.98. The van der Waals surface area contributed by atoms with Crippen molar-refractivity contribution in [2.24, 2.45) is 7.05 Å². The Hall–Kier alpha value is -2.68. The molecule has 0 bridgehead atoms. The average Bonchev–Trinajstić information content (AvgIpc) is 2.80. The van der Waals surface area contributed by atoms with Gasteiger partial charge in [-0.05, 0) is 52.2 Å². The summed E-state index contributed by atoms with van der Waals surface area (Å²) in [6.45, 7) is 11.9. The minimum atomic E-state index is -0.468. The Morgan fingerprint density at radius 2 is 1.91 bits per heavy atom. The van der Waals surface area contributed by atoms with Crippen LogP contribution in [0, 0.1) is 0 Å². The number of piperazine rings is 1. The lowest BCUT2D eigenvalue weighted by Crippen LogP contribution is -2.59. The Morgan fingerprint density at radius 1 is 1.18 bits per heavy atom. The summed E-state index contributed by atoms with van der Waals surface area (Å²) < 4.78 is 7.19. The van der Waals surface area contributed by atoms with E-state index >= 15 is 0 Å². The molecule has 4 rings (SSSR count). The largest absolute Gasteiger partial charge is 0.444 e. The quantitative estimate of drug-likeness (QED) is 0.702. The van der Waals surface area contributed by atoms with Crippen molar-refractivity contribution in [3.05, 3.63) is 28.7 Å². The number of aromatic nitrogens is 3. The second-order valence-electron chi connectivity index (χ2n) is 10.1. The predicted octanol–water partition coefficient (Wildman–Crippen LogP) is 2.63. The molecule has 0 N–H and O–H groups in total. The van der Waals surface area contributed by atoms with Crippen LogP contribution in [0.15, 0.2) is 23.1 Å². The first-order chi connectivity index (χ1) is 15.7. The molecule has 2 aromatic heterocycles. The zero-order valence-electron chi connectivity index (χ0n) is 20.5. The number of hydrogen-bond donors (Lipinski definition) is 0. The lowest BCUT2D eigenvalue weighted by Gasteiger charge is -2.47. The molecule has 0 unspecified atom stereocenters. The van der Waals surface area contributed by atoms with Gasteiger partial charge in [-0.15, -0.1) is 0 Å². The molecule has 0 aliphatic carbocycles. The number of fused-ring (bicyclic) bond motifs is 1. The SMILES string of the molecule is CC[C@H]1CN(c2nc3ncccc3c(=O)n2C)CCN1C1CCN(C(=O)OC(C)(C)C)CC1. The minimum Gasteiger partial charge on any atom is -0.444 e. The van der Waals surface area contributed by atoms with E-state index in [-0.39, 0.29) is 11.7 Å². The molecule has 0 spiro atoms. The minimum absolute atomic E-state index is 0.0620. The van der Waals surface area contributed by atoms with E-state index in [2.05, 4.69) is 21.7 Å². The molecule has 0 aromatic carbocycles. The summed E-state index contributed by atoms with van der Waals surface area (Å²) in [6.07, 6.45) is 4.38. The van der Waals surface area contributed by atoms with Gasteiger partial charge in [0.1, 0.15) is 5.60 Å². The van der Waals surface area contributed by atoms with E-state index in [9.17, 15) is 9.59 Å². The molecule has 1 atom stereocenters. The number of carbonyl (C=O) groups excluding carboxylic acids is 1. The number of likely N-dealkylation sites (tertiary alicyclic amines) is 1. The third kappa shape index (κ3) is 4.98. The summed E-state index contributed by atoms with van der Waals surface area (Å²) in [5.41, 5.74) is -0.0297. The Kier molecular flexibility index (Phi) is 6.61. The molecule has 2 aromatic rings. The second-order valence-corrected chi connectivity index (χ2v) is 10.1. The number of rotatable bonds is 3. The number of pyridine rings is 1. The van der Waals surface area contributed by atoms with Crippen molar-refractivity contribution < 1.29 is 9.53 Å². The first-order valence-electron chi connectivity index (χ1n) is 12.0. The number of piperidine rings is 1. The maximum Gasteiger partial charge on any atom is 0.410 e. The second kappa shape index (κ2) is 9.29. The van der Waals surface area contributed by atoms with Crippen LogP contribution in [0.25, 0.3) is 11.0 Å². The van der Waals surface area contributed by atoms with Crippen molar-refractivity contribution >= 4 is 23.1 Å². The van der Waals surface area contributed by atoms with Crippen LogP contribution in [0.2, 0.25) is 0 Å². The van der Waals surface area contributed by atoms with Crippen LogP contribution in [-0.4, -0.2) is 80.8 Å². The molecule has 180 valence electrons. The predicted molar refractivity (Wildman–Crippen MR) is 129 cm³/mol. The highest BCUT2D eigenvalue weighted by molar-refractivity contribution is 5.74. The number of hydrogen-bond acceptors (Lipinski definition) is 7. The highest BCUT2D eigenvalue weighted by Gasteiger charge is 2.35. The van der Waals surface area contributed by atoms with Gasteiger partial charge in [0.15, 0.2) is 5.65 Å². The zero-order chi connectivity index (χ0) is 23.8. The fourth-order valence-corrected chi connectivity index (χ4v) is 4.98. The van der Waals surface area contributed by atoms with Crippen molar-refractivity contribution in [3.8, 4) is 0 Å². The molecule has 1 amide bonds. The summed E-state index contributed by atoms with van der Waals surface area (Å²) in [5, 5.41) is 0.547. The fourth-order valence-electron chi connectivity index (χ4n) is 4.98. The Morgan fingerprint density at radius 3 is 2.58 bits per heavy atom. The molecular weight excluding hydrogens is 420 g/mol. The fraction of sp³-hybridized carbons (Fsp3) is 0.667. The highest BCUT2D eigenvalue weighted by atomic mass is 16.6. The number of ether oxygens (including phenoxy) is 1. The van der Waals surface area contributed by atoms with Crippen LogP contribution in [0.5, 0.6) is 0 Å².